The van der Waals surface area contributed by atoms with Gasteiger partial charge in [0.1, 0.15) is 5.75 Å². The summed E-state index contributed by atoms with van der Waals surface area (Å²) in [6.07, 6.45) is 4.53. The number of ether oxygens (including phenoxy) is 2. The number of aromatic nitrogens is 2. The lowest BCUT2D eigenvalue weighted by molar-refractivity contribution is 0.0601. The molecule has 1 aromatic heterocycles. The third-order valence-corrected chi connectivity index (χ3v) is 2.42. The maximum atomic E-state index is 11.3. The minimum Gasteiger partial charge on any atom is -0.465 e. The van der Waals surface area contributed by atoms with Gasteiger partial charge >= 0.3 is 5.97 Å². The molecule has 0 aliphatic carbocycles. The van der Waals surface area contributed by atoms with Crippen LogP contribution in [0, 0.1) is 0 Å². The predicted molar refractivity (Wildman–Crippen MR) is 64.9 cm³/mol. The standard InChI is InChI=1S/C12H9ClN2O3/c1-17-12(16)9-3-2-8(6-10(9)13)18-11-7-14-4-5-15-11/h2-7H,1H3. The Morgan fingerprint density at radius 2 is 2.17 bits per heavy atom. The maximum absolute atomic E-state index is 11.3. The molecule has 6 heteroatoms. The Kier molecular flexibility index (Phi) is 3.74. The van der Waals surface area contributed by atoms with E-state index in [1.165, 1.54) is 31.6 Å². The molecule has 92 valence electrons. The summed E-state index contributed by atoms with van der Waals surface area (Å²) in [5.41, 5.74) is 0.283. The maximum Gasteiger partial charge on any atom is 0.339 e. The minimum absolute atomic E-state index is 0.253. The van der Waals surface area contributed by atoms with Crippen molar-refractivity contribution in [2.45, 2.75) is 0 Å². The number of esters is 1. The van der Waals surface area contributed by atoms with E-state index < -0.39 is 5.97 Å². The summed E-state index contributed by atoms with van der Waals surface area (Å²) in [7, 11) is 1.29. The number of hydrogen-bond acceptors (Lipinski definition) is 5. The topological polar surface area (TPSA) is 61.3 Å². The summed E-state index contributed by atoms with van der Waals surface area (Å²) >= 11 is 5.95. The number of carbonyl (C=O) groups is 1. The molecule has 0 N–H and O–H groups in total. The Bertz CT molecular complexity index is 561. The third-order valence-electron chi connectivity index (χ3n) is 2.11. The van der Waals surface area contributed by atoms with Crippen molar-refractivity contribution in [3.8, 4) is 11.6 Å². The van der Waals surface area contributed by atoms with E-state index >= 15 is 0 Å². The third kappa shape index (κ3) is 2.75. The molecule has 2 rings (SSSR count). The molecule has 0 amide bonds. The SMILES string of the molecule is COC(=O)c1ccc(Oc2cnccn2)cc1Cl. The highest BCUT2D eigenvalue weighted by molar-refractivity contribution is 6.33. The van der Waals surface area contributed by atoms with Crippen LogP contribution in [0.3, 0.4) is 0 Å². The Morgan fingerprint density at radius 1 is 1.33 bits per heavy atom. The normalized spacial score (nSPS) is 9.89. The van der Waals surface area contributed by atoms with Gasteiger partial charge in [0.15, 0.2) is 0 Å². The molecular formula is C12H9ClN2O3. The van der Waals surface area contributed by atoms with Crippen LogP contribution in [-0.4, -0.2) is 23.0 Å². The lowest BCUT2D eigenvalue weighted by atomic mass is 10.2. The molecule has 0 bridgehead atoms. The zero-order chi connectivity index (χ0) is 13.0. The van der Waals surface area contributed by atoms with Crippen molar-refractivity contribution in [1.82, 2.24) is 9.97 Å². The molecule has 2 aromatic rings. The second kappa shape index (κ2) is 5.46. The summed E-state index contributed by atoms with van der Waals surface area (Å²) < 4.78 is 10.0. The molecule has 0 radical (unpaired) electrons. The highest BCUT2D eigenvalue weighted by atomic mass is 35.5. The Balaban J connectivity index is 2.22. The number of nitrogens with zero attached hydrogens (tertiary/aromatic N) is 2. The van der Waals surface area contributed by atoms with E-state index in [1.807, 2.05) is 0 Å². The van der Waals surface area contributed by atoms with E-state index in [0.29, 0.717) is 11.6 Å². The van der Waals surface area contributed by atoms with Gasteiger partial charge in [0.05, 0.1) is 23.9 Å². The van der Waals surface area contributed by atoms with Crippen molar-refractivity contribution >= 4 is 17.6 Å². The van der Waals surface area contributed by atoms with Crippen LogP contribution in [-0.2, 0) is 4.74 Å². The van der Waals surface area contributed by atoms with Crippen molar-refractivity contribution in [2.75, 3.05) is 7.11 Å². The lowest BCUT2D eigenvalue weighted by Crippen LogP contribution is -2.02. The van der Waals surface area contributed by atoms with E-state index in [-0.39, 0.29) is 10.6 Å². The number of halogens is 1. The van der Waals surface area contributed by atoms with E-state index in [0.717, 1.165) is 0 Å². The second-order valence-corrected chi connectivity index (χ2v) is 3.69. The first-order valence-electron chi connectivity index (χ1n) is 5.02. The fourth-order valence-electron chi connectivity index (χ4n) is 1.29. The molecule has 0 aliphatic heterocycles. The Hall–Kier alpha value is -2.14. The van der Waals surface area contributed by atoms with Crippen molar-refractivity contribution in [3.05, 3.63) is 47.4 Å². The molecule has 0 saturated heterocycles. The number of methoxy groups -OCH3 is 1. The van der Waals surface area contributed by atoms with Crippen molar-refractivity contribution in [3.63, 3.8) is 0 Å². The summed E-state index contributed by atoms with van der Waals surface area (Å²) in [5.74, 6) is 0.318. The van der Waals surface area contributed by atoms with Gasteiger partial charge in [-0.1, -0.05) is 11.6 Å². The number of carbonyl (C=O) groups excluding carboxylic acids is 1. The molecule has 0 saturated carbocycles. The summed E-state index contributed by atoms with van der Waals surface area (Å²) in [4.78, 5) is 19.2. The highest BCUT2D eigenvalue weighted by Gasteiger charge is 2.11. The summed E-state index contributed by atoms with van der Waals surface area (Å²) in [6.45, 7) is 0. The second-order valence-electron chi connectivity index (χ2n) is 3.28. The van der Waals surface area contributed by atoms with E-state index in [9.17, 15) is 4.79 Å². The first kappa shape index (κ1) is 12.3. The molecule has 0 atom stereocenters. The number of rotatable bonds is 3. The first-order chi connectivity index (χ1) is 8.70. The monoisotopic (exact) mass is 264 g/mol. The van der Waals surface area contributed by atoms with Gasteiger partial charge in [-0.2, -0.15) is 0 Å². The van der Waals surface area contributed by atoms with E-state index in [2.05, 4.69) is 14.7 Å². The molecule has 1 heterocycles. The minimum atomic E-state index is -0.494. The van der Waals surface area contributed by atoms with Crippen LogP contribution in [0.4, 0.5) is 0 Å². The average molecular weight is 265 g/mol. The van der Waals surface area contributed by atoms with Gasteiger partial charge < -0.3 is 9.47 Å². The fraction of sp³-hybridized carbons (Fsp3) is 0.0833. The zero-order valence-corrected chi connectivity index (χ0v) is 10.2. The molecule has 0 unspecified atom stereocenters. The van der Waals surface area contributed by atoms with Crippen LogP contribution in [0.2, 0.25) is 5.02 Å². The molecule has 0 fully saturated rings. The number of benzene rings is 1. The molecule has 1 aromatic carbocycles. The molecule has 0 aliphatic rings. The van der Waals surface area contributed by atoms with Gasteiger partial charge in [0.25, 0.3) is 0 Å². The zero-order valence-electron chi connectivity index (χ0n) is 9.46. The van der Waals surface area contributed by atoms with Crippen molar-refractivity contribution < 1.29 is 14.3 Å². The fourth-order valence-corrected chi connectivity index (χ4v) is 1.54. The van der Waals surface area contributed by atoms with Crippen LogP contribution in [0.5, 0.6) is 11.6 Å². The van der Waals surface area contributed by atoms with Crippen molar-refractivity contribution in [2.24, 2.45) is 0 Å². The van der Waals surface area contributed by atoms with Gasteiger partial charge in [0.2, 0.25) is 5.88 Å². The van der Waals surface area contributed by atoms with Gasteiger partial charge in [-0.05, 0) is 12.1 Å². The highest BCUT2D eigenvalue weighted by Crippen LogP contribution is 2.25. The molecule has 5 nitrogen and oxygen atoms in total. The van der Waals surface area contributed by atoms with Gasteiger partial charge in [0, 0.05) is 18.5 Å². The van der Waals surface area contributed by atoms with Crippen LogP contribution < -0.4 is 4.74 Å². The van der Waals surface area contributed by atoms with Gasteiger partial charge in [-0.3, -0.25) is 4.98 Å². The van der Waals surface area contributed by atoms with Gasteiger partial charge in [-0.15, -0.1) is 0 Å². The Labute approximate surface area is 108 Å². The van der Waals surface area contributed by atoms with E-state index in [1.54, 1.807) is 12.3 Å². The average Bonchev–Trinajstić information content (AvgIpc) is 2.39. The lowest BCUT2D eigenvalue weighted by Gasteiger charge is -2.06. The quantitative estimate of drug-likeness (QED) is 0.798. The van der Waals surface area contributed by atoms with E-state index in [4.69, 9.17) is 16.3 Å². The van der Waals surface area contributed by atoms with Crippen LogP contribution in [0.1, 0.15) is 10.4 Å². The molecule has 0 spiro atoms. The van der Waals surface area contributed by atoms with Crippen LogP contribution in [0.25, 0.3) is 0 Å². The first-order valence-corrected chi connectivity index (χ1v) is 5.40. The summed E-state index contributed by atoms with van der Waals surface area (Å²) in [6, 6.07) is 4.65. The Morgan fingerprint density at radius 3 is 2.78 bits per heavy atom. The van der Waals surface area contributed by atoms with Crippen molar-refractivity contribution in [1.29, 1.82) is 0 Å². The summed E-state index contributed by atoms with van der Waals surface area (Å²) in [5, 5.41) is 0.253. The predicted octanol–water partition coefficient (Wildman–Crippen LogP) is 2.71. The van der Waals surface area contributed by atoms with Gasteiger partial charge in [-0.25, -0.2) is 9.78 Å². The van der Waals surface area contributed by atoms with Crippen LogP contribution >= 0.6 is 11.6 Å². The largest absolute Gasteiger partial charge is 0.465 e. The number of hydrogen-bond donors (Lipinski definition) is 0. The van der Waals surface area contributed by atoms with Crippen LogP contribution in [0.15, 0.2) is 36.8 Å². The molecular weight excluding hydrogens is 256 g/mol. The molecule has 18 heavy (non-hydrogen) atoms. The smallest absolute Gasteiger partial charge is 0.339 e.